The number of ketones is 1. The molecular formula is C19H21N3O3S. The zero-order chi connectivity index (χ0) is 18.3. The van der Waals surface area contributed by atoms with E-state index in [2.05, 4.69) is 22.2 Å². The van der Waals surface area contributed by atoms with Crippen molar-refractivity contribution in [1.82, 2.24) is 9.97 Å². The molecule has 2 N–H and O–H groups in total. The minimum atomic E-state index is -0.444. The van der Waals surface area contributed by atoms with E-state index in [-0.39, 0.29) is 11.3 Å². The first-order valence-electron chi connectivity index (χ1n) is 8.91. The molecule has 0 saturated heterocycles. The Morgan fingerprint density at radius 1 is 1.31 bits per heavy atom. The van der Waals surface area contributed by atoms with Crippen LogP contribution in [0.4, 0.5) is 5.82 Å². The van der Waals surface area contributed by atoms with E-state index in [4.69, 9.17) is 4.42 Å². The lowest BCUT2D eigenvalue weighted by atomic mass is 9.74. The topological polar surface area (TPSA) is 88.0 Å². The van der Waals surface area contributed by atoms with Gasteiger partial charge < -0.3 is 14.7 Å². The zero-order valence-corrected chi connectivity index (χ0v) is 15.6. The van der Waals surface area contributed by atoms with Crippen LogP contribution in [-0.4, -0.2) is 21.5 Å². The molecule has 136 valence electrons. The largest absolute Gasteiger partial charge is 0.466 e. The highest BCUT2D eigenvalue weighted by Crippen LogP contribution is 2.45. The van der Waals surface area contributed by atoms with Crippen LogP contribution in [0.2, 0.25) is 0 Å². The maximum atomic E-state index is 12.9. The molecule has 6 nitrogen and oxygen atoms in total. The molecule has 1 aliphatic heterocycles. The highest BCUT2D eigenvalue weighted by molar-refractivity contribution is 7.99. The number of hydrogen-bond acceptors (Lipinski definition) is 6. The molecule has 2 aromatic rings. The van der Waals surface area contributed by atoms with Crippen molar-refractivity contribution in [1.29, 1.82) is 0 Å². The van der Waals surface area contributed by atoms with Gasteiger partial charge in [0, 0.05) is 17.9 Å². The molecule has 0 radical (unpaired) electrons. The summed E-state index contributed by atoms with van der Waals surface area (Å²) in [6, 6.07) is 3.72. The van der Waals surface area contributed by atoms with Gasteiger partial charge in [0.05, 0.1) is 17.4 Å². The van der Waals surface area contributed by atoms with Gasteiger partial charge in [-0.2, -0.15) is 0 Å². The van der Waals surface area contributed by atoms with Gasteiger partial charge in [0.15, 0.2) is 5.16 Å². The average Bonchev–Trinajstić information content (AvgIpc) is 3.04. The van der Waals surface area contributed by atoms with Crippen LogP contribution in [-0.2, 0) is 4.79 Å². The molecule has 4 rings (SSSR count). The second-order valence-electron chi connectivity index (χ2n) is 6.68. The number of furan rings is 1. The van der Waals surface area contributed by atoms with Crippen molar-refractivity contribution in [2.45, 2.75) is 44.2 Å². The Hall–Kier alpha value is -2.28. The van der Waals surface area contributed by atoms with Crippen molar-refractivity contribution in [3.8, 4) is 0 Å². The second-order valence-corrected chi connectivity index (χ2v) is 7.76. The molecule has 0 aromatic carbocycles. The zero-order valence-electron chi connectivity index (χ0n) is 14.8. The van der Waals surface area contributed by atoms with Crippen LogP contribution in [0.1, 0.15) is 49.2 Å². The number of allylic oxidation sites excluding steroid dienone is 2. The fourth-order valence-corrected chi connectivity index (χ4v) is 4.38. The summed E-state index contributed by atoms with van der Waals surface area (Å²) >= 11 is 1.52. The molecule has 0 amide bonds. The fraction of sp³-hybridized carbons (Fsp3) is 0.421. The predicted octanol–water partition coefficient (Wildman–Crippen LogP) is 3.59. The highest BCUT2D eigenvalue weighted by atomic mass is 32.2. The number of aryl methyl sites for hydroxylation is 1. The van der Waals surface area contributed by atoms with Gasteiger partial charge in [0.1, 0.15) is 23.1 Å². The van der Waals surface area contributed by atoms with Crippen LogP contribution in [0.5, 0.6) is 0 Å². The summed E-state index contributed by atoms with van der Waals surface area (Å²) in [6.07, 6.45) is 4.23. The molecule has 0 unspecified atom stereocenters. The van der Waals surface area contributed by atoms with Gasteiger partial charge in [-0.3, -0.25) is 9.59 Å². The number of carbonyl (C=O) groups is 1. The minimum Gasteiger partial charge on any atom is -0.466 e. The van der Waals surface area contributed by atoms with Crippen molar-refractivity contribution in [3.63, 3.8) is 0 Å². The molecule has 0 bridgehead atoms. The van der Waals surface area contributed by atoms with Gasteiger partial charge >= 0.3 is 0 Å². The van der Waals surface area contributed by atoms with Crippen molar-refractivity contribution in [2.24, 2.45) is 5.92 Å². The van der Waals surface area contributed by atoms with Crippen molar-refractivity contribution >= 4 is 23.4 Å². The van der Waals surface area contributed by atoms with Crippen molar-refractivity contribution in [3.05, 3.63) is 51.3 Å². The molecule has 3 heterocycles. The Morgan fingerprint density at radius 3 is 2.88 bits per heavy atom. The summed E-state index contributed by atoms with van der Waals surface area (Å²) in [4.78, 5) is 33.1. The molecule has 0 saturated carbocycles. The lowest BCUT2D eigenvalue weighted by Gasteiger charge is -2.35. The Labute approximate surface area is 155 Å². The van der Waals surface area contributed by atoms with E-state index in [9.17, 15) is 9.59 Å². The lowest BCUT2D eigenvalue weighted by Crippen LogP contribution is -2.38. The second kappa shape index (κ2) is 6.79. The van der Waals surface area contributed by atoms with E-state index in [0.717, 1.165) is 23.6 Å². The lowest BCUT2D eigenvalue weighted by molar-refractivity contribution is -0.122. The number of carbonyl (C=O) groups excluding carboxylic acids is 1. The van der Waals surface area contributed by atoms with Crippen molar-refractivity contribution in [2.75, 3.05) is 11.1 Å². The van der Waals surface area contributed by atoms with Crippen LogP contribution in [0.3, 0.4) is 0 Å². The monoisotopic (exact) mass is 371 g/mol. The Morgan fingerprint density at radius 2 is 2.15 bits per heavy atom. The maximum absolute atomic E-state index is 12.9. The normalized spacial score (nSPS) is 21.6. The summed E-state index contributed by atoms with van der Waals surface area (Å²) < 4.78 is 5.83. The van der Waals surface area contributed by atoms with Crippen LogP contribution in [0, 0.1) is 12.8 Å². The van der Waals surface area contributed by atoms with Gasteiger partial charge in [0.25, 0.3) is 5.56 Å². The van der Waals surface area contributed by atoms with E-state index >= 15 is 0 Å². The number of H-pyrrole nitrogens is 1. The third kappa shape index (κ3) is 2.90. The minimum absolute atomic E-state index is 0.128. The van der Waals surface area contributed by atoms with E-state index in [0.29, 0.717) is 35.1 Å². The molecule has 2 aliphatic rings. The van der Waals surface area contributed by atoms with E-state index in [1.54, 1.807) is 0 Å². The quantitative estimate of drug-likeness (QED) is 0.631. The number of rotatable bonds is 4. The Balaban J connectivity index is 1.88. The molecule has 1 aliphatic carbocycles. The standard InChI is InChI=1S/C19H21N3O3S/c1-3-9-26-19-21-17-16(18(24)22-19)15(13-8-7-10(2)25-13)14-11(20-17)5-4-6-12(14)23/h5,7-8,14-15H,3-4,6,9H2,1-2H3,(H2,20,21,22,24)/t14-,15-/m0/s1. The fourth-order valence-electron chi connectivity index (χ4n) is 3.66. The number of thioether (sulfide) groups is 1. The molecule has 2 aromatic heterocycles. The van der Waals surface area contributed by atoms with Crippen LogP contribution in [0.25, 0.3) is 0 Å². The number of hydrogen-bond donors (Lipinski definition) is 2. The number of nitrogens with zero attached hydrogens (tertiary/aromatic N) is 1. The number of aromatic nitrogens is 2. The summed E-state index contributed by atoms with van der Waals surface area (Å²) in [5.74, 6) is 2.07. The number of Topliss-reactive ketones (excluding diaryl/α,β-unsaturated/α-hetero) is 1. The number of fused-ring (bicyclic) bond motifs is 2. The van der Waals surface area contributed by atoms with Gasteiger partial charge in [-0.05, 0) is 31.9 Å². The van der Waals surface area contributed by atoms with Gasteiger partial charge in [0.2, 0.25) is 0 Å². The Kier molecular flexibility index (Phi) is 4.48. The third-order valence-electron chi connectivity index (χ3n) is 4.79. The molecule has 26 heavy (non-hydrogen) atoms. The van der Waals surface area contributed by atoms with E-state index in [1.807, 2.05) is 25.1 Å². The third-order valence-corrected chi connectivity index (χ3v) is 5.87. The molecule has 2 atom stereocenters. The summed E-state index contributed by atoms with van der Waals surface area (Å²) in [5.41, 5.74) is 1.10. The van der Waals surface area contributed by atoms with Gasteiger partial charge in [-0.15, -0.1) is 0 Å². The summed E-state index contributed by atoms with van der Waals surface area (Å²) in [7, 11) is 0. The van der Waals surface area contributed by atoms with Gasteiger partial charge in [-0.25, -0.2) is 4.98 Å². The van der Waals surface area contributed by atoms with E-state index in [1.165, 1.54) is 11.8 Å². The highest BCUT2D eigenvalue weighted by Gasteiger charge is 2.43. The van der Waals surface area contributed by atoms with E-state index < -0.39 is 11.8 Å². The first-order valence-corrected chi connectivity index (χ1v) is 9.90. The molecule has 0 fully saturated rings. The first kappa shape index (κ1) is 17.1. The van der Waals surface area contributed by atoms with Crippen LogP contribution in [0.15, 0.2) is 38.3 Å². The van der Waals surface area contributed by atoms with Crippen molar-refractivity contribution < 1.29 is 9.21 Å². The van der Waals surface area contributed by atoms with Gasteiger partial charge in [-0.1, -0.05) is 24.8 Å². The Bertz CT molecular complexity index is 944. The number of aromatic amines is 1. The molecular weight excluding hydrogens is 350 g/mol. The molecule has 7 heteroatoms. The number of anilines is 1. The smallest absolute Gasteiger partial charge is 0.257 e. The first-order chi connectivity index (χ1) is 12.6. The maximum Gasteiger partial charge on any atom is 0.257 e. The SMILES string of the molecule is CCCSc1nc2c(c(=O)[nH]1)[C@@H](c1ccc(C)o1)[C@@H]1C(=O)CCC=C1N2. The summed E-state index contributed by atoms with van der Waals surface area (Å²) in [5, 5.41) is 3.84. The van der Waals surface area contributed by atoms with Crippen LogP contribution < -0.4 is 10.9 Å². The number of nitrogens with one attached hydrogen (secondary N) is 2. The summed E-state index contributed by atoms with van der Waals surface area (Å²) in [6.45, 7) is 3.94. The molecule has 0 spiro atoms. The van der Waals surface area contributed by atoms with Crippen LogP contribution >= 0.6 is 11.8 Å². The predicted molar refractivity (Wildman–Crippen MR) is 101 cm³/mol. The average molecular weight is 371 g/mol.